The first-order valence-electron chi connectivity index (χ1n) is 10.0. The summed E-state index contributed by atoms with van der Waals surface area (Å²) in [6.45, 7) is 10.7. The minimum absolute atomic E-state index is 0. The molecular formula is C21H35IN4O. The lowest BCUT2D eigenvalue weighted by Crippen LogP contribution is -2.38. The number of likely N-dealkylation sites (tertiary alicyclic amines) is 1. The molecule has 0 radical (unpaired) electrons. The quantitative estimate of drug-likeness (QED) is 0.348. The minimum Gasteiger partial charge on any atom is -0.357 e. The number of aliphatic imine (C=N–C) groups is 1. The molecule has 0 saturated carbocycles. The summed E-state index contributed by atoms with van der Waals surface area (Å²) in [5.41, 5.74) is 1.89. The maximum atomic E-state index is 12.5. The van der Waals surface area contributed by atoms with Crippen LogP contribution in [0.25, 0.3) is 0 Å². The van der Waals surface area contributed by atoms with Crippen LogP contribution in [-0.4, -0.2) is 42.9 Å². The van der Waals surface area contributed by atoms with E-state index in [0.717, 1.165) is 62.5 Å². The molecule has 27 heavy (non-hydrogen) atoms. The third-order valence-corrected chi connectivity index (χ3v) is 4.62. The van der Waals surface area contributed by atoms with Gasteiger partial charge in [-0.15, -0.1) is 24.0 Å². The summed E-state index contributed by atoms with van der Waals surface area (Å²) in [6, 6.07) is 7.89. The molecule has 152 valence electrons. The van der Waals surface area contributed by atoms with E-state index in [4.69, 9.17) is 0 Å². The zero-order chi connectivity index (χ0) is 18.8. The van der Waals surface area contributed by atoms with Gasteiger partial charge < -0.3 is 15.5 Å². The topological polar surface area (TPSA) is 56.7 Å². The smallest absolute Gasteiger partial charge is 0.253 e. The zero-order valence-electron chi connectivity index (χ0n) is 17.0. The minimum atomic E-state index is 0. The highest BCUT2D eigenvalue weighted by Crippen LogP contribution is 2.14. The van der Waals surface area contributed by atoms with Crippen molar-refractivity contribution in [3.8, 4) is 0 Å². The molecule has 2 N–H and O–H groups in total. The molecule has 1 fully saturated rings. The molecule has 5 nitrogen and oxygen atoms in total. The van der Waals surface area contributed by atoms with Gasteiger partial charge in [-0.3, -0.25) is 4.79 Å². The molecule has 0 aliphatic carbocycles. The predicted molar refractivity (Wildman–Crippen MR) is 124 cm³/mol. The first-order valence-corrected chi connectivity index (χ1v) is 10.0. The van der Waals surface area contributed by atoms with E-state index in [9.17, 15) is 4.79 Å². The van der Waals surface area contributed by atoms with Gasteiger partial charge in [-0.05, 0) is 56.2 Å². The summed E-state index contributed by atoms with van der Waals surface area (Å²) in [7, 11) is 0. The van der Waals surface area contributed by atoms with Crippen molar-refractivity contribution >= 4 is 35.8 Å². The number of guanidine groups is 1. The van der Waals surface area contributed by atoms with E-state index in [1.54, 1.807) is 0 Å². The van der Waals surface area contributed by atoms with Gasteiger partial charge in [0.25, 0.3) is 5.91 Å². The van der Waals surface area contributed by atoms with Crippen molar-refractivity contribution in [3.05, 3.63) is 35.4 Å². The largest absolute Gasteiger partial charge is 0.357 e. The lowest BCUT2D eigenvalue weighted by molar-refractivity contribution is 0.0724. The highest BCUT2D eigenvalue weighted by atomic mass is 127. The van der Waals surface area contributed by atoms with Crippen LogP contribution in [0.4, 0.5) is 0 Å². The normalized spacial score (nSPS) is 14.7. The van der Waals surface area contributed by atoms with Crippen LogP contribution in [0.3, 0.4) is 0 Å². The standard InChI is InChI=1S/C21H34N4O.HI/c1-4-22-21(23-13-12-17(2)3)24-16-18-8-10-19(11-9-18)20(26)25-14-6-5-7-15-25;/h8-11,17H,4-7,12-16H2,1-3H3,(H2,22,23,24);1H. The van der Waals surface area contributed by atoms with Crippen LogP contribution in [0.5, 0.6) is 0 Å². The van der Waals surface area contributed by atoms with Crippen molar-refractivity contribution in [3.63, 3.8) is 0 Å². The Labute approximate surface area is 181 Å². The maximum absolute atomic E-state index is 12.5. The number of nitrogens with zero attached hydrogens (tertiary/aromatic N) is 2. The van der Waals surface area contributed by atoms with Crippen molar-refractivity contribution in [2.24, 2.45) is 10.9 Å². The van der Waals surface area contributed by atoms with Gasteiger partial charge in [-0.25, -0.2) is 4.99 Å². The molecule has 0 atom stereocenters. The fraction of sp³-hybridized carbons (Fsp3) is 0.619. The third kappa shape index (κ3) is 8.49. The number of hydrogen-bond acceptors (Lipinski definition) is 2. The lowest BCUT2D eigenvalue weighted by atomic mass is 10.1. The van der Waals surface area contributed by atoms with E-state index in [2.05, 4.69) is 36.4 Å². The summed E-state index contributed by atoms with van der Waals surface area (Å²) in [5.74, 6) is 1.68. The number of halogens is 1. The molecular weight excluding hydrogens is 451 g/mol. The second kappa shape index (κ2) is 13.0. The summed E-state index contributed by atoms with van der Waals surface area (Å²) in [6.07, 6.45) is 4.60. The molecule has 1 aromatic carbocycles. The van der Waals surface area contributed by atoms with Crippen LogP contribution in [0.1, 0.15) is 62.4 Å². The van der Waals surface area contributed by atoms with Gasteiger partial charge >= 0.3 is 0 Å². The van der Waals surface area contributed by atoms with E-state index < -0.39 is 0 Å². The number of amides is 1. The number of carbonyl (C=O) groups excluding carboxylic acids is 1. The van der Waals surface area contributed by atoms with Crippen LogP contribution in [0, 0.1) is 5.92 Å². The average molecular weight is 486 g/mol. The van der Waals surface area contributed by atoms with Crippen LogP contribution in [-0.2, 0) is 6.54 Å². The molecule has 6 heteroatoms. The lowest BCUT2D eigenvalue weighted by Gasteiger charge is -2.26. The van der Waals surface area contributed by atoms with Crippen LogP contribution >= 0.6 is 24.0 Å². The monoisotopic (exact) mass is 486 g/mol. The van der Waals surface area contributed by atoms with Crippen molar-refractivity contribution in [1.82, 2.24) is 15.5 Å². The zero-order valence-corrected chi connectivity index (χ0v) is 19.3. The summed E-state index contributed by atoms with van der Waals surface area (Å²) < 4.78 is 0. The summed E-state index contributed by atoms with van der Waals surface area (Å²) >= 11 is 0. The Morgan fingerprint density at radius 3 is 2.37 bits per heavy atom. The van der Waals surface area contributed by atoms with Crippen molar-refractivity contribution in [2.75, 3.05) is 26.2 Å². The van der Waals surface area contributed by atoms with E-state index in [-0.39, 0.29) is 29.9 Å². The van der Waals surface area contributed by atoms with Crippen molar-refractivity contribution in [1.29, 1.82) is 0 Å². The van der Waals surface area contributed by atoms with Gasteiger partial charge in [0.15, 0.2) is 5.96 Å². The molecule has 0 aromatic heterocycles. The maximum Gasteiger partial charge on any atom is 0.253 e. The molecule has 1 aliphatic rings. The van der Waals surface area contributed by atoms with Gasteiger partial charge in [-0.1, -0.05) is 26.0 Å². The Kier molecular flexibility index (Phi) is 11.4. The number of piperidine rings is 1. The molecule has 2 rings (SSSR count). The molecule has 1 aromatic rings. The van der Waals surface area contributed by atoms with Gasteiger partial charge in [-0.2, -0.15) is 0 Å². The molecule has 0 bridgehead atoms. The van der Waals surface area contributed by atoms with E-state index in [1.165, 1.54) is 6.42 Å². The average Bonchev–Trinajstić information content (AvgIpc) is 2.66. The molecule has 0 unspecified atom stereocenters. The van der Waals surface area contributed by atoms with Gasteiger partial charge in [0.05, 0.1) is 6.54 Å². The van der Waals surface area contributed by atoms with E-state index in [1.807, 2.05) is 29.2 Å². The Bertz CT molecular complexity index is 580. The Morgan fingerprint density at radius 1 is 1.11 bits per heavy atom. The first-order chi connectivity index (χ1) is 12.6. The number of nitrogens with one attached hydrogen (secondary N) is 2. The molecule has 0 spiro atoms. The van der Waals surface area contributed by atoms with E-state index in [0.29, 0.717) is 12.5 Å². The van der Waals surface area contributed by atoms with Crippen LogP contribution in [0.2, 0.25) is 0 Å². The molecule has 1 heterocycles. The van der Waals surface area contributed by atoms with Crippen LogP contribution in [0.15, 0.2) is 29.3 Å². The number of carbonyl (C=O) groups is 1. The number of rotatable bonds is 7. The fourth-order valence-electron chi connectivity index (χ4n) is 3.02. The van der Waals surface area contributed by atoms with Gasteiger partial charge in [0.2, 0.25) is 0 Å². The third-order valence-electron chi connectivity index (χ3n) is 4.62. The fourth-order valence-corrected chi connectivity index (χ4v) is 3.02. The number of hydrogen-bond donors (Lipinski definition) is 2. The SMILES string of the molecule is CCNC(=NCc1ccc(C(=O)N2CCCCC2)cc1)NCCC(C)C.I. The first kappa shape index (κ1) is 23.7. The Balaban J connectivity index is 0.00000364. The highest BCUT2D eigenvalue weighted by molar-refractivity contribution is 14.0. The molecule has 1 saturated heterocycles. The second-order valence-electron chi connectivity index (χ2n) is 7.35. The van der Waals surface area contributed by atoms with Gasteiger partial charge in [0, 0.05) is 31.7 Å². The molecule has 1 amide bonds. The van der Waals surface area contributed by atoms with Crippen molar-refractivity contribution in [2.45, 2.75) is 53.0 Å². The van der Waals surface area contributed by atoms with Gasteiger partial charge in [0.1, 0.15) is 0 Å². The summed E-state index contributed by atoms with van der Waals surface area (Å²) in [5, 5.41) is 6.65. The number of benzene rings is 1. The second-order valence-corrected chi connectivity index (χ2v) is 7.35. The van der Waals surface area contributed by atoms with E-state index >= 15 is 0 Å². The Hall–Kier alpha value is -1.31. The molecule has 1 aliphatic heterocycles. The Morgan fingerprint density at radius 2 is 1.78 bits per heavy atom. The van der Waals surface area contributed by atoms with Crippen molar-refractivity contribution < 1.29 is 4.79 Å². The highest BCUT2D eigenvalue weighted by Gasteiger charge is 2.17. The summed E-state index contributed by atoms with van der Waals surface area (Å²) in [4.78, 5) is 19.1. The van der Waals surface area contributed by atoms with Crippen LogP contribution < -0.4 is 10.6 Å². The predicted octanol–water partition coefficient (Wildman–Crippen LogP) is 4.03.